The molecule has 1 amide bonds. The van der Waals surface area contributed by atoms with E-state index in [0.29, 0.717) is 11.4 Å². The zero-order valence-electron chi connectivity index (χ0n) is 15.1. The summed E-state index contributed by atoms with van der Waals surface area (Å²) in [7, 11) is 0. The molecule has 0 atom stereocenters. The molecular formula is C18H21N3O4S. The molecule has 0 aliphatic rings. The van der Waals surface area contributed by atoms with Crippen LogP contribution in [0, 0.1) is 20.8 Å². The number of nitrogens with one attached hydrogen (secondary N) is 2. The van der Waals surface area contributed by atoms with E-state index >= 15 is 0 Å². The molecule has 2 N–H and O–H groups in total. The summed E-state index contributed by atoms with van der Waals surface area (Å²) in [6.45, 7) is 7.39. The lowest BCUT2D eigenvalue weighted by molar-refractivity contribution is -0.113. The molecule has 0 unspecified atom stereocenters. The SMILES string of the molecule is CCOC(=O)c1c(SCC(=O)Nc2cc(C)cc(C)c2)nc(=O)[nH]c1C. The summed E-state index contributed by atoms with van der Waals surface area (Å²) in [4.78, 5) is 42.2. The van der Waals surface area contributed by atoms with E-state index in [1.807, 2.05) is 32.0 Å². The number of H-pyrrole nitrogens is 1. The fourth-order valence-corrected chi connectivity index (χ4v) is 3.35. The molecule has 138 valence electrons. The summed E-state index contributed by atoms with van der Waals surface area (Å²) in [5.74, 6) is -0.824. The lowest BCUT2D eigenvalue weighted by atomic mass is 10.1. The van der Waals surface area contributed by atoms with Gasteiger partial charge < -0.3 is 15.0 Å². The van der Waals surface area contributed by atoms with Crippen molar-refractivity contribution in [2.45, 2.75) is 32.7 Å². The predicted octanol–water partition coefficient (Wildman–Crippen LogP) is 2.60. The number of carbonyl (C=O) groups excluding carboxylic acids is 2. The highest BCUT2D eigenvalue weighted by atomic mass is 32.2. The Bertz CT molecular complexity index is 872. The summed E-state index contributed by atoms with van der Waals surface area (Å²) in [5.41, 5.74) is 2.76. The van der Waals surface area contributed by atoms with Gasteiger partial charge in [-0.25, -0.2) is 9.59 Å². The van der Waals surface area contributed by atoms with Crippen molar-refractivity contribution in [2.75, 3.05) is 17.7 Å². The molecule has 0 spiro atoms. The topological polar surface area (TPSA) is 101 Å². The Hall–Kier alpha value is -2.61. The Morgan fingerprint density at radius 2 is 1.85 bits per heavy atom. The average molecular weight is 375 g/mol. The summed E-state index contributed by atoms with van der Waals surface area (Å²) in [5, 5.41) is 2.99. The van der Waals surface area contributed by atoms with Gasteiger partial charge in [-0.2, -0.15) is 4.98 Å². The van der Waals surface area contributed by atoms with Gasteiger partial charge in [-0.15, -0.1) is 0 Å². The van der Waals surface area contributed by atoms with Crippen molar-refractivity contribution in [3.8, 4) is 0 Å². The van der Waals surface area contributed by atoms with Crippen LogP contribution in [0.1, 0.15) is 34.1 Å². The zero-order chi connectivity index (χ0) is 19.3. The first kappa shape index (κ1) is 19.7. The molecule has 1 aromatic carbocycles. The number of ether oxygens (including phenoxy) is 1. The van der Waals surface area contributed by atoms with E-state index < -0.39 is 11.7 Å². The molecule has 1 aromatic heterocycles. The quantitative estimate of drug-likeness (QED) is 0.457. The number of thioether (sulfide) groups is 1. The molecule has 2 aromatic rings. The number of hydrogen-bond acceptors (Lipinski definition) is 6. The van der Waals surface area contributed by atoms with Gasteiger partial charge in [-0.3, -0.25) is 4.79 Å². The van der Waals surface area contributed by atoms with Gasteiger partial charge in [0.05, 0.1) is 12.4 Å². The van der Waals surface area contributed by atoms with Crippen LogP contribution >= 0.6 is 11.8 Å². The molecule has 0 aliphatic heterocycles. The van der Waals surface area contributed by atoms with Gasteiger partial charge in [0.2, 0.25) is 5.91 Å². The van der Waals surface area contributed by atoms with Crippen LogP contribution in [0.5, 0.6) is 0 Å². The second kappa shape index (κ2) is 8.66. The monoisotopic (exact) mass is 375 g/mol. The van der Waals surface area contributed by atoms with E-state index in [2.05, 4.69) is 15.3 Å². The molecule has 2 rings (SSSR count). The number of aryl methyl sites for hydroxylation is 3. The van der Waals surface area contributed by atoms with Crippen LogP contribution in [0.4, 0.5) is 5.69 Å². The summed E-state index contributed by atoms with van der Waals surface area (Å²) < 4.78 is 5.00. The van der Waals surface area contributed by atoms with E-state index in [1.165, 1.54) is 0 Å². The largest absolute Gasteiger partial charge is 0.462 e. The molecule has 0 fully saturated rings. The van der Waals surface area contributed by atoms with Crippen molar-refractivity contribution in [3.63, 3.8) is 0 Å². The number of esters is 1. The van der Waals surface area contributed by atoms with Gasteiger partial charge in [0.1, 0.15) is 10.6 Å². The molecule has 1 heterocycles. The average Bonchev–Trinajstić information content (AvgIpc) is 2.51. The third-order valence-electron chi connectivity index (χ3n) is 3.41. The van der Waals surface area contributed by atoms with Crippen molar-refractivity contribution >= 4 is 29.3 Å². The molecule has 0 aliphatic carbocycles. The fraction of sp³-hybridized carbons (Fsp3) is 0.333. The van der Waals surface area contributed by atoms with Gasteiger partial charge in [0, 0.05) is 11.4 Å². The molecule has 7 nitrogen and oxygen atoms in total. The Labute approximate surface area is 155 Å². The molecule has 0 saturated heterocycles. The lowest BCUT2D eigenvalue weighted by Crippen LogP contribution is -2.21. The third kappa shape index (κ3) is 5.19. The maximum absolute atomic E-state index is 12.2. The minimum Gasteiger partial charge on any atom is -0.462 e. The normalized spacial score (nSPS) is 10.5. The first-order valence-electron chi connectivity index (χ1n) is 8.09. The minimum absolute atomic E-state index is 0.00921. The van der Waals surface area contributed by atoms with E-state index in [1.54, 1.807) is 13.8 Å². The summed E-state index contributed by atoms with van der Waals surface area (Å²) >= 11 is 1.02. The van der Waals surface area contributed by atoms with Crippen LogP contribution in [0.3, 0.4) is 0 Å². The van der Waals surface area contributed by atoms with Crippen molar-refractivity contribution in [1.82, 2.24) is 9.97 Å². The van der Waals surface area contributed by atoms with Gasteiger partial charge in [0.15, 0.2) is 0 Å². The van der Waals surface area contributed by atoms with Gasteiger partial charge >= 0.3 is 11.7 Å². The number of anilines is 1. The second-order valence-corrected chi connectivity index (χ2v) is 6.74. The number of benzene rings is 1. The van der Waals surface area contributed by atoms with Gasteiger partial charge in [0.25, 0.3) is 0 Å². The summed E-state index contributed by atoms with van der Waals surface area (Å²) in [6.07, 6.45) is 0. The number of aromatic amines is 1. The highest BCUT2D eigenvalue weighted by molar-refractivity contribution is 8.00. The third-order valence-corrected chi connectivity index (χ3v) is 4.39. The van der Waals surface area contributed by atoms with E-state index in [9.17, 15) is 14.4 Å². The van der Waals surface area contributed by atoms with Crippen molar-refractivity contribution < 1.29 is 14.3 Å². The van der Waals surface area contributed by atoms with Crippen LogP contribution in [-0.2, 0) is 9.53 Å². The predicted molar refractivity (Wildman–Crippen MR) is 101 cm³/mol. The molecule has 8 heteroatoms. The first-order valence-corrected chi connectivity index (χ1v) is 9.07. The fourth-order valence-electron chi connectivity index (χ4n) is 2.49. The Morgan fingerprint density at radius 1 is 1.19 bits per heavy atom. The van der Waals surface area contributed by atoms with Crippen molar-refractivity contribution in [1.29, 1.82) is 0 Å². The number of aromatic nitrogens is 2. The number of carbonyl (C=O) groups is 2. The van der Waals surface area contributed by atoms with Crippen molar-refractivity contribution in [3.05, 3.63) is 51.1 Å². The molecule has 26 heavy (non-hydrogen) atoms. The smallest absolute Gasteiger partial charge is 0.346 e. The Kier molecular flexibility index (Phi) is 6.57. The molecule has 0 radical (unpaired) electrons. The number of hydrogen-bond donors (Lipinski definition) is 2. The molecule has 0 bridgehead atoms. The summed E-state index contributed by atoms with van der Waals surface area (Å²) in [6, 6.07) is 5.75. The van der Waals surface area contributed by atoms with E-state index in [-0.39, 0.29) is 28.9 Å². The maximum atomic E-state index is 12.2. The highest BCUT2D eigenvalue weighted by Crippen LogP contribution is 2.22. The Morgan fingerprint density at radius 3 is 2.46 bits per heavy atom. The van der Waals surface area contributed by atoms with Gasteiger partial charge in [-0.05, 0) is 51.0 Å². The zero-order valence-corrected chi connectivity index (χ0v) is 16.0. The van der Waals surface area contributed by atoms with Crippen molar-refractivity contribution in [2.24, 2.45) is 0 Å². The Balaban J connectivity index is 2.14. The molecular weight excluding hydrogens is 354 g/mol. The standard InChI is InChI=1S/C18H21N3O4S/c1-5-25-17(23)15-12(4)19-18(24)21-16(15)26-9-14(22)20-13-7-10(2)6-11(3)8-13/h6-8H,5,9H2,1-4H3,(H,20,22)(H,19,21,24). The first-order chi connectivity index (χ1) is 12.3. The number of nitrogens with zero attached hydrogens (tertiary/aromatic N) is 1. The second-order valence-electron chi connectivity index (χ2n) is 5.78. The van der Waals surface area contributed by atoms with Crippen LogP contribution in [0.25, 0.3) is 0 Å². The molecule has 0 saturated carbocycles. The number of amides is 1. The van der Waals surface area contributed by atoms with Crippen LogP contribution < -0.4 is 11.0 Å². The number of rotatable bonds is 6. The minimum atomic E-state index is -0.578. The van der Waals surface area contributed by atoms with E-state index in [4.69, 9.17) is 4.74 Å². The van der Waals surface area contributed by atoms with Crippen LogP contribution in [-0.4, -0.2) is 34.2 Å². The van der Waals surface area contributed by atoms with Crippen LogP contribution in [0.15, 0.2) is 28.0 Å². The maximum Gasteiger partial charge on any atom is 0.346 e. The highest BCUT2D eigenvalue weighted by Gasteiger charge is 2.20. The lowest BCUT2D eigenvalue weighted by Gasteiger charge is -2.10. The van der Waals surface area contributed by atoms with Crippen LogP contribution in [0.2, 0.25) is 0 Å². The van der Waals surface area contributed by atoms with E-state index in [0.717, 1.165) is 22.9 Å². The van der Waals surface area contributed by atoms with Gasteiger partial charge in [-0.1, -0.05) is 17.8 Å².